The molecule has 1 aliphatic rings. The van der Waals surface area contributed by atoms with Crippen molar-refractivity contribution in [3.63, 3.8) is 0 Å². The number of hydrogen-bond donors (Lipinski definition) is 2. The van der Waals surface area contributed by atoms with Crippen LogP contribution in [0.3, 0.4) is 0 Å². The third-order valence-electron chi connectivity index (χ3n) is 5.43. The molecule has 1 fully saturated rings. The van der Waals surface area contributed by atoms with E-state index in [0.29, 0.717) is 36.5 Å². The number of imidazole rings is 1. The van der Waals surface area contributed by atoms with Crippen molar-refractivity contribution in [3.05, 3.63) is 36.5 Å². The smallest absolute Gasteiger partial charge is 0.199 e. The van der Waals surface area contributed by atoms with E-state index in [1.807, 2.05) is 41.8 Å². The van der Waals surface area contributed by atoms with Crippen molar-refractivity contribution in [1.29, 1.82) is 0 Å². The van der Waals surface area contributed by atoms with Crippen LogP contribution in [0.5, 0.6) is 5.75 Å². The fraction of sp³-hybridized carbons (Fsp3) is 0.333. The molecule has 0 spiro atoms. The number of benzene rings is 1. The predicted molar refractivity (Wildman–Crippen MR) is 113 cm³/mol. The summed E-state index contributed by atoms with van der Waals surface area (Å²) in [5.74, 6) is 1.47. The predicted octanol–water partition coefficient (Wildman–Crippen LogP) is 2.88. The highest BCUT2D eigenvalue weighted by Crippen LogP contribution is 2.36. The normalized spacial score (nSPS) is 16.4. The van der Waals surface area contributed by atoms with Crippen molar-refractivity contribution < 1.29 is 9.37 Å². The third kappa shape index (κ3) is 3.17. The van der Waals surface area contributed by atoms with E-state index in [2.05, 4.69) is 15.6 Å². The highest BCUT2D eigenvalue weighted by Gasteiger charge is 2.24. The molecule has 4 aromatic rings. The van der Waals surface area contributed by atoms with E-state index < -0.39 is 0 Å². The lowest BCUT2D eigenvalue weighted by Gasteiger charge is -2.15. The number of pyridine rings is 1. The van der Waals surface area contributed by atoms with Crippen LogP contribution in [0.25, 0.3) is 33.8 Å². The monoisotopic (exact) mass is 405 g/mol. The zero-order valence-corrected chi connectivity index (χ0v) is 16.7. The van der Waals surface area contributed by atoms with Gasteiger partial charge in [-0.25, -0.2) is 14.6 Å². The van der Waals surface area contributed by atoms with Crippen molar-refractivity contribution in [3.8, 4) is 28.5 Å². The first kappa shape index (κ1) is 18.6. The van der Waals surface area contributed by atoms with Crippen LogP contribution < -0.4 is 15.8 Å². The maximum atomic E-state index is 6.22. The molecular weight excluding hydrogens is 382 g/mol. The summed E-state index contributed by atoms with van der Waals surface area (Å²) in [6, 6.07) is 10.3. The molecule has 0 bridgehead atoms. The van der Waals surface area contributed by atoms with E-state index in [1.54, 1.807) is 6.20 Å². The average molecular weight is 405 g/mol. The number of nitrogen functional groups attached to an aromatic ring is 1. The van der Waals surface area contributed by atoms with Crippen LogP contribution in [0, 0.1) is 0 Å². The van der Waals surface area contributed by atoms with Crippen molar-refractivity contribution in [1.82, 2.24) is 30.2 Å². The second-order valence-corrected chi connectivity index (χ2v) is 7.32. The Balaban J connectivity index is 1.69. The van der Waals surface area contributed by atoms with E-state index in [1.165, 1.54) is 6.42 Å². The average Bonchev–Trinajstić information content (AvgIpc) is 3.52. The van der Waals surface area contributed by atoms with Crippen LogP contribution in [0.4, 0.5) is 5.82 Å². The Morgan fingerprint density at radius 1 is 1.23 bits per heavy atom. The maximum absolute atomic E-state index is 6.22. The Morgan fingerprint density at radius 2 is 2.10 bits per heavy atom. The SMILES string of the molecule is CCn1c(-c2nonc2N)nc2c(-c3ccccc3)ncc(OC[C@H]3CCCN3)c21. The minimum atomic E-state index is 0.201. The van der Waals surface area contributed by atoms with Gasteiger partial charge in [0.15, 0.2) is 23.1 Å². The van der Waals surface area contributed by atoms with Crippen LogP contribution in [0.1, 0.15) is 19.8 Å². The van der Waals surface area contributed by atoms with Gasteiger partial charge in [-0.1, -0.05) is 30.3 Å². The van der Waals surface area contributed by atoms with Gasteiger partial charge in [-0.3, -0.25) is 0 Å². The molecule has 0 amide bonds. The van der Waals surface area contributed by atoms with Crippen LogP contribution in [0.2, 0.25) is 0 Å². The van der Waals surface area contributed by atoms with Gasteiger partial charge in [0.25, 0.3) is 0 Å². The number of ether oxygens (including phenoxy) is 1. The lowest BCUT2D eigenvalue weighted by atomic mass is 10.1. The number of hydrogen-bond acceptors (Lipinski definition) is 8. The van der Waals surface area contributed by atoms with Gasteiger partial charge < -0.3 is 20.4 Å². The largest absolute Gasteiger partial charge is 0.488 e. The van der Waals surface area contributed by atoms with Crippen molar-refractivity contribution >= 4 is 16.9 Å². The number of rotatable bonds is 6. The van der Waals surface area contributed by atoms with Crippen LogP contribution in [-0.2, 0) is 6.54 Å². The molecule has 1 aliphatic heterocycles. The highest BCUT2D eigenvalue weighted by atomic mass is 16.6. The number of nitrogens with two attached hydrogens (primary N) is 1. The minimum absolute atomic E-state index is 0.201. The molecule has 1 saturated heterocycles. The van der Waals surface area contributed by atoms with Gasteiger partial charge in [-0.15, -0.1) is 0 Å². The second kappa shape index (κ2) is 7.75. The molecule has 5 rings (SSSR count). The van der Waals surface area contributed by atoms with Gasteiger partial charge in [-0.2, -0.15) is 0 Å². The molecule has 0 radical (unpaired) electrons. The zero-order valence-electron chi connectivity index (χ0n) is 16.7. The maximum Gasteiger partial charge on any atom is 0.199 e. The van der Waals surface area contributed by atoms with E-state index in [9.17, 15) is 0 Å². The lowest BCUT2D eigenvalue weighted by Crippen LogP contribution is -2.28. The van der Waals surface area contributed by atoms with Crippen molar-refractivity contribution in [2.75, 3.05) is 18.9 Å². The Bertz CT molecular complexity index is 1160. The third-order valence-corrected chi connectivity index (χ3v) is 5.43. The number of nitrogens with zero attached hydrogens (tertiary/aromatic N) is 5. The fourth-order valence-corrected chi connectivity index (χ4v) is 3.95. The first-order valence-electron chi connectivity index (χ1n) is 10.2. The molecule has 4 heterocycles. The Morgan fingerprint density at radius 3 is 2.80 bits per heavy atom. The molecule has 1 aromatic carbocycles. The van der Waals surface area contributed by atoms with E-state index in [-0.39, 0.29) is 5.82 Å². The van der Waals surface area contributed by atoms with Gasteiger partial charge in [-0.05, 0) is 36.6 Å². The summed E-state index contributed by atoms with van der Waals surface area (Å²) in [5.41, 5.74) is 9.73. The summed E-state index contributed by atoms with van der Waals surface area (Å²) in [6.07, 6.45) is 4.06. The summed E-state index contributed by atoms with van der Waals surface area (Å²) < 4.78 is 13.1. The molecule has 154 valence electrons. The Kier molecular flexibility index (Phi) is 4.80. The first-order valence-corrected chi connectivity index (χ1v) is 10.2. The summed E-state index contributed by atoms with van der Waals surface area (Å²) >= 11 is 0. The number of nitrogens with one attached hydrogen (secondary N) is 1. The van der Waals surface area contributed by atoms with Crippen molar-refractivity contribution in [2.45, 2.75) is 32.4 Å². The number of anilines is 1. The number of fused-ring (bicyclic) bond motifs is 1. The molecule has 9 heteroatoms. The van der Waals surface area contributed by atoms with Gasteiger partial charge in [0, 0.05) is 18.2 Å². The Labute approximate surface area is 173 Å². The van der Waals surface area contributed by atoms with Crippen LogP contribution >= 0.6 is 0 Å². The molecule has 3 N–H and O–H groups in total. The van der Waals surface area contributed by atoms with E-state index in [4.69, 9.17) is 25.1 Å². The summed E-state index contributed by atoms with van der Waals surface area (Å²) in [5, 5.41) is 11.1. The summed E-state index contributed by atoms with van der Waals surface area (Å²) in [4.78, 5) is 9.57. The lowest BCUT2D eigenvalue weighted by molar-refractivity contribution is 0.278. The number of aryl methyl sites for hydroxylation is 1. The van der Waals surface area contributed by atoms with Crippen LogP contribution in [0.15, 0.2) is 41.2 Å². The molecule has 3 aromatic heterocycles. The molecule has 1 atom stereocenters. The zero-order chi connectivity index (χ0) is 20.5. The molecule has 0 saturated carbocycles. The molecule has 30 heavy (non-hydrogen) atoms. The minimum Gasteiger partial charge on any atom is -0.488 e. The number of aromatic nitrogens is 5. The fourth-order valence-electron chi connectivity index (χ4n) is 3.95. The molecule has 9 nitrogen and oxygen atoms in total. The van der Waals surface area contributed by atoms with Gasteiger partial charge in [0.2, 0.25) is 0 Å². The molecule has 0 aliphatic carbocycles. The molecule has 0 unspecified atom stereocenters. The quantitative estimate of drug-likeness (QED) is 0.503. The van der Waals surface area contributed by atoms with Gasteiger partial charge in [0.05, 0.1) is 11.9 Å². The molecular formula is C21H23N7O2. The van der Waals surface area contributed by atoms with E-state index in [0.717, 1.165) is 35.3 Å². The van der Waals surface area contributed by atoms with E-state index >= 15 is 0 Å². The van der Waals surface area contributed by atoms with Gasteiger partial charge >= 0.3 is 0 Å². The highest BCUT2D eigenvalue weighted by molar-refractivity contribution is 5.95. The van der Waals surface area contributed by atoms with Crippen LogP contribution in [-0.4, -0.2) is 44.0 Å². The Hall–Kier alpha value is -3.46. The summed E-state index contributed by atoms with van der Waals surface area (Å²) in [7, 11) is 0. The van der Waals surface area contributed by atoms with Gasteiger partial charge in [0.1, 0.15) is 17.6 Å². The topological polar surface area (TPSA) is 117 Å². The summed E-state index contributed by atoms with van der Waals surface area (Å²) in [6.45, 7) is 4.30. The first-order chi connectivity index (χ1) is 14.8. The van der Waals surface area contributed by atoms with Crippen molar-refractivity contribution in [2.24, 2.45) is 0 Å². The standard InChI is InChI=1S/C21H23N7O2/c1-2-28-19-15(29-12-14-9-6-10-23-14)11-24-16(13-7-4-3-5-8-13)17(19)25-21(28)18-20(22)27-30-26-18/h3-5,7-8,11,14,23H,2,6,9-10,12H2,1H3,(H2,22,27)/t14-/m1/s1. The second-order valence-electron chi connectivity index (χ2n) is 7.32.